The van der Waals surface area contributed by atoms with Gasteiger partial charge in [-0.2, -0.15) is 0 Å². The number of nitrogens with one attached hydrogen (secondary N) is 2. The van der Waals surface area contributed by atoms with E-state index in [4.69, 9.17) is 0 Å². The maximum absolute atomic E-state index is 13.0. The van der Waals surface area contributed by atoms with E-state index in [1.807, 2.05) is 38.1 Å². The number of amidine groups is 1. The van der Waals surface area contributed by atoms with Crippen molar-refractivity contribution in [3.63, 3.8) is 0 Å². The molecule has 2 aliphatic rings. The van der Waals surface area contributed by atoms with Gasteiger partial charge in [-0.15, -0.1) is 11.3 Å². The number of amides is 1. The number of carbonyl (C=O) groups is 1. The lowest BCUT2D eigenvalue weighted by Crippen LogP contribution is -2.56. The highest BCUT2D eigenvalue weighted by atomic mass is 32.1. The number of benzene rings is 1. The predicted octanol–water partition coefficient (Wildman–Crippen LogP) is 0.365. The number of aliphatic imine (C=N–C) groups is 2. The summed E-state index contributed by atoms with van der Waals surface area (Å²) in [5, 5.41) is 36.4. The molecule has 9 nitrogen and oxygen atoms in total. The van der Waals surface area contributed by atoms with Gasteiger partial charge in [0.2, 0.25) is 11.9 Å². The first-order chi connectivity index (χ1) is 14.4. The lowest BCUT2D eigenvalue weighted by atomic mass is 10.1. The molecule has 4 rings (SSSR count). The molecule has 10 heteroatoms. The highest BCUT2D eigenvalue weighted by molar-refractivity contribution is 7.18. The highest BCUT2D eigenvalue weighted by Crippen LogP contribution is 2.32. The van der Waals surface area contributed by atoms with Gasteiger partial charge >= 0.3 is 0 Å². The van der Waals surface area contributed by atoms with Crippen molar-refractivity contribution in [2.24, 2.45) is 15.9 Å². The number of aromatic nitrogens is 1. The molecule has 0 radical (unpaired) electrons. The minimum atomic E-state index is -1.12. The van der Waals surface area contributed by atoms with Crippen LogP contribution in [0.25, 0.3) is 10.2 Å². The van der Waals surface area contributed by atoms with Gasteiger partial charge in [0.25, 0.3) is 0 Å². The van der Waals surface area contributed by atoms with Crippen LogP contribution in [0.2, 0.25) is 0 Å². The van der Waals surface area contributed by atoms with E-state index in [0.717, 1.165) is 10.2 Å². The van der Waals surface area contributed by atoms with Crippen molar-refractivity contribution < 1.29 is 20.1 Å². The first kappa shape index (κ1) is 20.9. The average molecular weight is 432 g/mol. The van der Waals surface area contributed by atoms with E-state index in [1.165, 1.54) is 11.3 Å². The normalized spacial score (nSPS) is 32.2. The number of aliphatic hydroxyl groups is 3. The number of thiazole rings is 1. The van der Waals surface area contributed by atoms with Crippen LogP contribution in [0.15, 0.2) is 34.3 Å². The zero-order chi connectivity index (χ0) is 21.4. The quantitative estimate of drug-likeness (QED) is 0.474. The number of nitrogens with zero attached hydrogens (tertiary/aromatic N) is 3. The smallest absolute Gasteiger partial charge is 0.244 e. The number of carbonyl (C=O) groups excluding carboxylic acids is 1. The van der Waals surface area contributed by atoms with Crippen LogP contribution in [0.4, 0.5) is 0 Å². The molecule has 1 aromatic carbocycles. The van der Waals surface area contributed by atoms with Crippen molar-refractivity contribution in [2.75, 3.05) is 6.61 Å². The van der Waals surface area contributed by atoms with Crippen molar-refractivity contribution in [2.45, 2.75) is 50.5 Å². The Kier molecular flexibility index (Phi) is 5.83. The molecular weight excluding hydrogens is 406 g/mol. The summed E-state index contributed by atoms with van der Waals surface area (Å²) in [5.41, 5.74) is 0.794. The molecule has 1 saturated heterocycles. The van der Waals surface area contributed by atoms with Crippen LogP contribution >= 0.6 is 11.3 Å². The summed E-state index contributed by atoms with van der Waals surface area (Å²) in [6.07, 6.45) is -1.87. The molecule has 1 aromatic heterocycles. The van der Waals surface area contributed by atoms with E-state index < -0.39 is 30.1 Å². The molecule has 2 aromatic rings. The summed E-state index contributed by atoms with van der Waals surface area (Å²) in [4.78, 5) is 26.6. The average Bonchev–Trinajstić information content (AvgIpc) is 3.23. The monoisotopic (exact) mass is 431 g/mol. The van der Waals surface area contributed by atoms with E-state index in [-0.39, 0.29) is 24.5 Å². The Labute approximate surface area is 177 Å². The lowest BCUT2D eigenvalue weighted by Gasteiger charge is -2.27. The molecule has 0 spiro atoms. The van der Waals surface area contributed by atoms with Gasteiger partial charge in [0.05, 0.1) is 22.4 Å². The molecule has 1 aliphatic carbocycles. The third kappa shape index (κ3) is 3.95. The fraction of sp³-hybridized carbons (Fsp3) is 0.500. The van der Waals surface area contributed by atoms with Gasteiger partial charge < -0.3 is 20.6 Å². The maximum atomic E-state index is 13.0. The Bertz CT molecular complexity index is 971. The zero-order valence-electron chi connectivity index (χ0n) is 16.7. The number of hydrogen-bond donors (Lipinski definition) is 5. The molecule has 1 saturated carbocycles. The minimum Gasteiger partial charge on any atom is -0.396 e. The van der Waals surface area contributed by atoms with Gasteiger partial charge in [0.15, 0.2) is 0 Å². The SMILES string of the molecule is CC(C)N=C1NC(=O)C(c2nc3ccccc3s2)C(=N[C@@H]2C[C@H](CO)[C@@H](O)[C@H]2O)N1. The van der Waals surface area contributed by atoms with E-state index in [9.17, 15) is 20.1 Å². The van der Waals surface area contributed by atoms with Gasteiger partial charge in [0, 0.05) is 18.6 Å². The topological polar surface area (TPSA) is 139 Å². The van der Waals surface area contributed by atoms with Gasteiger partial charge in [0.1, 0.15) is 22.9 Å². The van der Waals surface area contributed by atoms with Crippen molar-refractivity contribution in [1.82, 2.24) is 15.6 Å². The Balaban J connectivity index is 1.73. The maximum Gasteiger partial charge on any atom is 0.244 e. The Hall–Kier alpha value is -2.40. The van der Waals surface area contributed by atoms with E-state index in [2.05, 4.69) is 25.6 Å². The van der Waals surface area contributed by atoms with Gasteiger partial charge in [-0.05, 0) is 32.4 Å². The second-order valence-electron chi connectivity index (χ2n) is 7.88. The van der Waals surface area contributed by atoms with Gasteiger partial charge in [-0.3, -0.25) is 15.1 Å². The number of rotatable bonds is 4. The molecule has 30 heavy (non-hydrogen) atoms. The summed E-state index contributed by atoms with van der Waals surface area (Å²) < 4.78 is 0.956. The number of aliphatic hydroxyl groups excluding tert-OH is 3. The number of fused-ring (bicyclic) bond motifs is 1. The molecule has 160 valence electrons. The molecule has 5 N–H and O–H groups in total. The number of guanidine groups is 1. The summed E-state index contributed by atoms with van der Waals surface area (Å²) in [6.45, 7) is 3.54. The Morgan fingerprint density at radius 2 is 2.00 bits per heavy atom. The largest absolute Gasteiger partial charge is 0.396 e. The molecule has 1 aliphatic heterocycles. The first-order valence-corrected chi connectivity index (χ1v) is 10.7. The minimum absolute atomic E-state index is 0.0503. The molecule has 2 heterocycles. The van der Waals surface area contributed by atoms with Crippen LogP contribution in [0.5, 0.6) is 0 Å². The van der Waals surface area contributed by atoms with Crippen LogP contribution in [0.1, 0.15) is 31.2 Å². The van der Waals surface area contributed by atoms with Gasteiger partial charge in [-0.1, -0.05) is 12.1 Å². The summed E-state index contributed by atoms with van der Waals surface area (Å²) >= 11 is 1.41. The fourth-order valence-corrected chi connectivity index (χ4v) is 4.87. The fourth-order valence-electron chi connectivity index (χ4n) is 3.80. The van der Waals surface area contributed by atoms with Crippen molar-refractivity contribution in [3.05, 3.63) is 29.3 Å². The van der Waals surface area contributed by atoms with E-state index in [1.54, 1.807) is 0 Å². The van der Waals surface area contributed by atoms with Crippen molar-refractivity contribution in [1.29, 1.82) is 0 Å². The first-order valence-electron chi connectivity index (χ1n) is 9.93. The zero-order valence-corrected chi connectivity index (χ0v) is 17.5. The summed E-state index contributed by atoms with van der Waals surface area (Å²) in [7, 11) is 0. The number of hydrogen-bond acceptors (Lipinski definition) is 8. The van der Waals surface area contributed by atoms with Crippen molar-refractivity contribution >= 4 is 39.3 Å². The highest BCUT2D eigenvalue weighted by Gasteiger charge is 2.43. The Morgan fingerprint density at radius 1 is 1.23 bits per heavy atom. The van der Waals surface area contributed by atoms with E-state index in [0.29, 0.717) is 17.3 Å². The van der Waals surface area contributed by atoms with Crippen LogP contribution in [-0.2, 0) is 4.79 Å². The molecule has 2 fully saturated rings. The molecular formula is C20H25N5O4S. The van der Waals surface area contributed by atoms with E-state index >= 15 is 0 Å². The van der Waals surface area contributed by atoms with Crippen LogP contribution in [0, 0.1) is 5.92 Å². The molecule has 0 bridgehead atoms. The third-order valence-electron chi connectivity index (χ3n) is 5.28. The molecule has 5 atom stereocenters. The lowest BCUT2D eigenvalue weighted by molar-refractivity contribution is -0.120. The molecule has 1 amide bonds. The number of para-hydroxylation sites is 1. The second kappa shape index (κ2) is 8.38. The van der Waals surface area contributed by atoms with Crippen LogP contribution < -0.4 is 10.6 Å². The Morgan fingerprint density at radius 3 is 2.67 bits per heavy atom. The standard InChI is InChI=1S/C20H25N5O4S/c1-9(2)21-20-24-17(22-12-7-10(8-26)15(27)16(12)28)14(18(29)25-20)19-23-11-5-3-4-6-13(11)30-19/h3-6,9-10,12,14-16,26-28H,7-8H2,1-2H3,(H2,21,22,24,25,29)/t10-,12-,14?,15-,16+/m1/s1. The summed E-state index contributed by atoms with van der Waals surface area (Å²) in [5.74, 6) is -0.940. The second-order valence-corrected chi connectivity index (χ2v) is 8.94. The predicted molar refractivity (Wildman–Crippen MR) is 115 cm³/mol. The van der Waals surface area contributed by atoms with Crippen molar-refractivity contribution in [3.8, 4) is 0 Å². The van der Waals surface area contributed by atoms with Crippen LogP contribution in [0.3, 0.4) is 0 Å². The third-order valence-corrected chi connectivity index (χ3v) is 6.38. The summed E-state index contributed by atoms with van der Waals surface area (Å²) in [6, 6.07) is 6.93. The van der Waals surface area contributed by atoms with Crippen LogP contribution in [-0.4, -0.2) is 68.9 Å². The molecule has 1 unspecified atom stereocenters. The van der Waals surface area contributed by atoms with Gasteiger partial charge in [-0.25, -0.2) is 9.98 Å².